The Morgan fingerprint density at radius 2 is 1.95 bits per heavy atom. The average molecular weight is 301 g/mol. The first-order valence-electron chi connectivity index (χ1n) is 7.40. The quantitative estimate of drug-likeness (QED) is 0.853. The number of carbonyl (C=O) groups is 1. The Labute approximate surface area is 128 Å². The summed E-state index contributed by atoms with van der Waals surface area (Å²) in [6, 6.07) is 0. The van der Waals surface area contributed by atoms with Crippen molar-refractivity contribution in [3.63, 3.8) is 0 Å². The Morgan fingerprint density at radius 1 is 1.23 bits per heavy atom. The first kappa shape index (κ1) is 14.6. The van der Waals surface area contributed by atoms with Crippen LogP contribution in [0.5, 0.6) is 0 Å². The summed E-state index contributed by atoms with van der Waals surface area (Å²) >= 11 is 0. The molecule has 3 heterocycles. The van der Waals surface area contributed by atoms with E-state index >= 15 is 0 Å². The van der Waals surface area contributed by atoms with Crippen LogP contribution in [-0.2, 0) is 4.74 Å². The molecule has 2 aromatic rings. The van der Waals surface area contributed by atoms with Gasteiger partial charge in [-0.15, -0.1) is 0 Å². The van der Waals surface area contributed by atoms with E-state index in [-0.39, 0.29) is 11.8 Å². The standard InChI is InChI=1S/C15H19N5O2/c1-11(2)13-14(17-4-3-16-13)20-10-12(9-18-20)15(21)19-5-7-22-8-6-19/h3-4,9-11H,5-8H2,1-2H3. The Hall–Kier alpha value is -2.28. The van der Waals surface area contributed by atoms with E-state index in [0.29, 0.717) is 37.7 Å². The highest BCUT2D eigenvalue weighted by Gasteiger charge is 2.21. The van der Waals surface area contributed by atoms with Crippen LogP contribution in [0, 0.1) is 0 Å². The number of aromatic nitrogens is 4. The van der Waals surface area contributed by atoms with Gasteiger partial charge >= 0.3 is 0 Å². The number of hydrogen-bond donors (Lipinski definition) is 0. The molecule has 2 aromatic heterocycles. The van der Waals surface area contributed by atoms with E-state index in [2.05, 4.69) is 28.9 Å². The fourth-order valence-corrected chi connectivity index (χ4v) is 2.42. The Bertz CT molecular complexity index is 661. The molecule has 7 nitrogen and oxygen atoms in total. The smallest absolute Gasteiger partial charge is 0.257 e. The van der Waals surface area contributed by atoms with E-state index in [4.69, 9.17) is 4.74 Å². The second-order valence-electron chi connectivity index (χ2n) is 5.50. The van der Waals surface area contributed by atoms with E-state index in [0.717, 1.165) is 5.69 Å². The molecule has 0 saturated carbocycles. The van der Waals surface area contributed by atoms with Crippen LogP contribution in [0.2, 0.25) is 0 Å². The third-order valence-electron chi connectivity index (χ3n) is 3.60. The molecule has 0 aliphatic carbocycles. The SMILES string of the molecule is CC(C)c1nccnc1-n1cc(C(=O)N2CCOCC2)cn1. The lowest BCUT2D eigenvalue weighted by Gasteiger charge is -2.26. The van der Waals surface area contributed by atoms with Gasteiger partial charge in [-0.25, -0.2) is 9.67 Å². The maximum absolute atomic E-state index is 12.4. The van der Waals surface area contributed by atoms with Crippen LogP contribution in [0.4, 0.5) is 0 Å². The molecule has 7 heteroatoms. The van der Waals surface area contributed by atoms with Crippen LogP contribution in [0.15, 0.2) is 24.8 Å². The van der Waals surface area contributed by atoms with Crippen LogP contribution >= 0.6 is 0 Å². The van der Waals surface area contributed by atoms with Crippen molar-refractivity contribution in [2.24, 2.45) is 0 Å². The van der Waals surface area contributed by atoms with Crippen molar-refractivity contribution >= 4 is 5.91 Å². The molecule has 116 valence electrons. The molecule has 0 aromatic carbocycles. The van der Waals surface area contributed by atoms with Gasteiger partial charge in [-0.05, 0) is 5.92 Å². The number of hydrogen-bond acceptors (Lipinski definition) is 5. The molecule has 0 spiro atoms. The number of carbonyl (C=O) groups excluding carboxylic acids is 1. The Balaban J connectivity index is 1.86. The third-order valence-corrected chi connectivity index (χ3v) is 3.60. The molecule has 1 aliphatic heterocycles. The first-order valence-corrected chi connectivity index (χ1v) is 7.40. The largest absolute Gasteiger partial charge is 0.378 e. The summed E-state index contributed by atoms with van der Waals surface area (Å²) < 4.78 is 6.89. The molecular weight excluding hydrogens is 282 g/mol. The summed E-state index contributed by atoms with van der Waals surface area (Å²) in [5.41, 5.74) is 1.42. The van der Waals surface area contributed by atoms with Gasteiger partial charge in [0.1, 0.15) is 0 Å². The molecule has 1 aliphatic rings. The molecule has 0 atom stereocenters. The molecule has 0 unspecified atom stereocenters. The van der Waals surface area contributed by atoms with E-state index < -0.39 is 0 Å². The second kappa shape index (κ2) is 6.23. The Morgan fingerprint density at radius 3 is 2.68 bits per heavy atom. The second-order valence-corrected chi connectivity index (χ2v) is 5.50. The maximum Gasteiger partial charge on any atom is 0.257 e. The van der Waals surface area contributed by atoms with Crippen LogP contribution in [0.25, 0.3) is 5.82 Å². The van der Waals surface area contributed by atoms with Crippen LogP contribution in [0.3, 0.4) is 0 Å². The highest BCUT2D eigenvalue weighted by molar-refractivity contribution is 5.93. The average Bonchev–Trinajstić information content (AvgIpc) is 3.04. The van der Waals surface area contributed by atoms with Gasteiger partial charge < -0.3 is 9.64 Å². The van der Waals surface area contributed by atoms with E-state index in [1.165, 1.54) is 0 Å². The van der Waals surface area contributed by atoms with Crippen molar-refractivity contribution in [1.82, 2.24) is 24.6 Å². The molecule has 22 heavy (non-hydrogen) atoms. The molecule has 3 rings (SSSR count). The zero-order chi connectivity index (χ0) is 15.5. The lowest BCUT2D eigenvalue weighted by Crippen LogP contribution is -2.40. The van der Waals surface area contributed by atoms with Crippen LogP contribution in [0.1, 0.15) is 35.8 Å². The van der Waals surface area contributed by atoms with E-state index in [1.54, 1.807) is 34.4 Å². The first-order chi connectivity index (χ1) is 10.7. The van der Waals surface area contributed by atoms with Crippen LogP contribution in [-0.4, -0.2) is 56.9 Å². The van der Waals surface area contributed by atoms with Gasteiger partial charge in [0, 0.05) is 31.7 Å². The number of morpholine rings is 1. The summed E-state index contributed by atoms with van der Waals surface area (Å²) in [5, 5.41) is 4.28. The topological polar surface area (TPSA) is 73.1 Å². The molecule has 0 bridgehead atoms. The number of nitrogens with zero attached hydrogens (tertiary/aromatic N) is 5. The maximum atomic E-state index is 12.4. The summed E-state index contributed by atoms with van der Waals surface area (Å²) in [6.07, 6.45) is 6.60. The third kappa shape index (κ3) is 2.85. The van der Waals surface area contributed by atoms with Crippen molar-refractivity contribution in [1.29, 1.82) is 0 Å². The van der Waals surface area contributed by atoms with Gasteiger partial charge in [-0.2, -0.15) is 5.10 Å². The molecule has 1 fully saturated rings. The fourth-order valence-electron chi connectivity index (χ4n) is 2.42. The summed E-state index contributed by atoms with van der Waals surface area (Å²) in [4.78, 5) is 22.9. The van der Waals surface area contributed by atoms with Gasteiger partial charge in [-0.1, -0.05) is 13.8 Å². The van der Waals surface area contributed by atoms with Crippen LogP contribution < -0.4 is 0 Å². The van der Waals surface area contributed by atoms with Gasteiger partial charge in [-0.3, -0.25) is 9.78 Å². The normalized spacial score (nSPS) is 15.3. The van der Waals surface area contributed by atoms with Gasteiger partial charge in [0.25, 0.3) is 5.91 Å². The van der Waals surface area contributed by atoms with E-state index in [9.17, 15) is 4.79 Å². The van der Waals surface area contributed by atoms with Crippen molar-refractivity contribution < 1.29 is 9.53 Å². The molecule has 0 N–H and O–H groups in total. The zero-order valence-corrected chi connectivity index (χ0v) is 12.8. The minimum Gasteiger partial charge on any atom is -0.378 e. The molecule has 1 amide bonds. The lowest BCUT2D eigenvalue weighted by molar-refractivity contribution is 0.0303. The van der Waals surface area contributed by atoms with Crippen molar-refractivity contribution in [2.75, 3.05) is 26.3 Å². The number of rotatable bonds is 3. The Kier molecular flexibility index (Phi) is 4.15. The summed E-state index contributed by atoms with van der Waals surface area (Å²) in [7, 11) is 0. The molecule has 1 saturated heterocycles. The minimum absolute atomic E-state index is 0.0236. The van der Waals surface area contributed by atoms with E-state index in [1.807, 2.05) is 0 Å². The van der Waals surface area contributed by atoms with Crippen molar-refractivity contribution in [3.8, 4) is 5.82 Å². The van der Waals surface area contributed by atoms with Crippen molar-refractivity contribution in [2.45, 2.75) is 19.8 Å². The number of ether oxygens (including phenoxy) is 1. The minimum atomic E-state index is -0.0236. The fraction of sp³-hybridized carbons (Fsp3) is 0.467. The summed E-state index contributed by atoms with van der Waals surface area (Å²) in [5.74, 6) is 0.870. The monoisotopic (exact) mass is 301 g/mol. The highest BCUT2D eigenvalue weighted by Crippen LogP contribution is 2.18. The highest BCUT2D eigenvalue weighted by atomic mass is 16.5. The van der Waals surface area contributed by atoms with Crippen molar-refractivity contribution in [3.05, 3.63) is 36.0 Å². The van der Waals surface area contributed by atoms with Gasteiger partial charge in [0.05, 0.1) is 30.7 Å². The van der Waals surface area contributed by atoms with Gasteiger partial charge in [0.15, 0.2) is 5.82 Å². The van der Waals surface area contributed by atoms with Gasteiger partial charge in [0.2, 0.25) is 0 Å². The number of amides is 1. The zero-order valence-electron chi connectivity index (χ0n) is 12.8. The predicted molar refractivity (Wildman–Crippen MR) is 80.0 cm³/mol. The lowest BCUT2D eigenvalue weighted by atomic mass is 10.1. The molecular formula is C15H19N5O2. The summed E-state index contributed by atoms with van der Waals surface area (Å²) in [6.45, 7) is 6.51. The predicted octanol–water partition coefficient (Wildman–Crippen LogP) is 1.26. The molecule has 0 radical (unpaired) electrons.